The van der Waals surface area contributed by atoms with Crippen molar-refractivity contribution in [3.05, 3.63) is 63.7 Å². The zero-order valence-corrected chi connectivity index (χ0v) is 12.6. The van der Waals surface area contributed by atoms with E-state index in [4.69, 9.17) is 0 Å². The first-order chi connectivity index (χ1) is 11.8. The second kappa shape index (κ2) is 7.51. The molecule has 0 fully saturated rings. The van der Waals surface area contributed by atoms with Crippen LogP contribution in [-0.4, -0.2) is 18.2 Å². The van der Waals surface area contributed by atoms with Gasteiger partial charge < -0.3 is 14.2 Å². The zero-order chi connectivity index (χ0) is 18.6. The van der Waals surface area contributed by atoms with Crippen LogP contribution in [-0.2, 0) is 4.74 Å². The Bertz CT molecular complexity index is 797. The Kier molecular flexibility index (Phi) is 5.42. The molecular formula is C15H10F3NO6. The molecule has 0 spiro atoms. The quantitative estimate of drug-likeness (QED) is 0.347. The first kappa shape index (κ1) is 18.0. The van der Waals surface area contributed by atoms with E-state index in [9.17, 15) is 28.1 Å². The number of hydrogen-bond acceptors (Lipinski definition) is 6. The average molecular weight is 357 g/mol. The molecule has 1 atom stereocenters. The fraction of sp³-hybridized carbons (Fsp3) is 0.133. The van der Waals surface area contributed by atoms with Crippen LogP contribution in [0.3, 0.4) is 0 Å². The molecule has 2 aromatic carbocycles. The van der Waals surface area contributed by atoms with E-state index in [-0.39, 0.29) is 11.4 Å². The Morgan fingerprint density at radius 3 is 2.36 bits per heavy atom. The van der Waals surface area contributed by atoms with Crippen molar-refractivity contribution in [2.45, 2.75) is 6.36 Å². The van der Waals surface area contributed by atoms with Gasteiger partial charge in [-0.05, 0) is 24.3 Å². The molecule has 0 aliphatic rings. The molecule has 132 valence electrons. The normalized spacial score (nSPS) is 11.5. The summed E-state index contributed by atoms with van der Waals surface area (Å²) in [6.45, 7) is 0. The third-order valence-corrected chi connectivity index (χ3v) is 2.98. The van der Waals surface area contributed by atoms with Gasteiger partial charge in [-0.25, -0.2) is 9.18 Å². The fourth-order valence-corrected chi connectivity index (χ4v) is 1.84. The van der Waals surface area contributed by atoms with Crippen molar-refractivity contribution in [2.75, 3.05) is 7.11 Å². The van der Waals surface area contributed by atoms with Crippen LogP contribution in [0.1, 0.15) is 11.9 Å². The minimum absolute atomic E-state index is 0.139. The van der Waals surface area contributed by atoms with E-state index in [0.717, 1.165) is 37.4 Å². The summed E-state index contributed by atoms with van der Waals surface area (Å²) in [5.41, 5.74) is -0.794. The molecule has 0 aliphatic carbocycles. The van der Waals surface area contributed by atoms with Crippen molar-refractivity contribution in [3.63, 3.8) is 0 Å². The Morgan fingerprint density at radius 1 is 1.16 bits per heavy atom. The van der Waals surface area contributed by atoms with Gasteiger partial charge in [-0.3, -0.25) is 10.1 Å². The van der Waals surface area contributed by atoms with Gasteiger partial charge in [0.25, 0.3) is 12.0 Å². The third kappa shape index (κ3) is 4.16. The van der Waals surface area contributed by atoms with E-state index >= 15 is 0 Å². The molecule has 2 rings (SSSR count). The second-order valence-corrected chi connectivity index (χ2v) is 4.52. The van der Waals surface area contributed by atoms with Crippen LogP contribution in [0.5, 0.6) is 11.5 Å². The van der Waals surface area contributed by atoms with Crippen LogP contribution >= 0.6 is 0 Å². The van der Waals surface area contributed by atoms with Crippen molar-refractivity contribution in [3.8, 4) is 11.5 Å². The number of hydrogen-bond donors (Lipinski definition) is 0. The zero-order valence-electron chi connectivity index (χ0n) is 12.6. The van der Waals surface area contributed by atoms with Crippen molar-refractivity contribution in [2.24, 2.45) is 0 Å². The van der Waals surface area contributed by atoms with Crippen molar-refractivity contribution in [1.82, 2.24) is 0 Å². The minimum Gasteiger partial charge on any atom is -0.493 e. The molecule has 1 unspecified atom stereocenters. The molecule has 0 N–H and O–H groups in total. The van der Waals surface area contributed by atoms with Crippen LogP contribution in [0.25, 0.3) is 0 Å². The molecule has 0 radical (unpaired) electrons. The van der Waals surface area contributed by atoms with Crippen molar-refractivity contribution >= 4 is 11.8 Å². The van der Waals surface area contributed by atoms with Gasteiger partial charge in [0.2, 0.25) is 5.82 Å². The molecule has 0 saturated carbocycles. The summed E-state index contributed by atoms with van der Waals surface area (Å²) in [6.07, 6.45) is -3.98. The highest BCUT2D eigenvalue weighted by Crippen LogP contribution is 2.32. The maximum Gasteiger partial charge on any atom is 0.516 e. The summed E-state index contributed by atoms with van der Waals surface area (Å²) in [5, 5.41) is 10.5. The van der Waals surface area contributed by atoms with Gasteiger partial charge >= 0.3 is 6.16 Å². The van der Waals surface area contributed by atoms with Crippen molar-refractivity contribution < 1.29 is 37.1 Å². The van der Waals surface area contributed by atoms with Crippen molar-refractivity contribution in [1.29, 1.82) is 0 Å². The Morgan fingerprint density at radius 2 is 1.80 bits per heavy atom. The van der Waals surface area contributed by atoms with Gasteiger partial charge in [0.05, 0.1) is 17.6 Å². The molecule has 0 heterocycles. The SMILES string of the molecule is COc1c(C(F)OC(=O)Oc2ccc([N+](=O)[O-])cc2)ccc(F)c1F. The standard InChI is InChI=1S/C15H10F3NO6/c1-23-13-10(6-7-11(16)12(13)17)14(18)25-15(20)24-9-4-2-8(3-5-9)19(21)22/h2-7,14H,1H3. The smallest absolute Gasteiger partial charge is 0.493 e. The van der Waals surface area contributed by atoms with Gasteiger partial charge in [0.1, 0.15) is 5.75 Å². The number of halogens is 3. The average Bonchev–Trinajstić information content (AvgIpc) is 2.57. The Labute approximate surface area is 138 Å². The number of carbonyl (C=O) groups excluding carboxylic acids is 1. The number of nitro benzene ring substituents is 1. The number of alkyl halides is 1. The molecule has 10 heteroatoms. The van der Waals surface area contributed by atoms with E-state index < -0.39 is 40.4 Å². The summed E-state index contributed by atoms with van der Waals surface area (Å²) < 4.78 is 54.2. The molecule has 0 bridgehead atoms. The highest BCUT2D eigenvalue weighted by molar-refractivity contribution is 5.64. The predicted molar refractivity (Wildman–Crippen MR) is 77.0 cm³/mol. The number of rotatable bonds is 5. The maximum absolute atomic E-state index is 14.0. The highest BCUT2D eigenvalue weighted by Gasteiger charge is 2.25. The molecule has 0 aliphatic heterocycles. The monoisotopic (exact) mass is 357 g/mol. The van der Waals surface area contributed by atoms with Gasteiger partial charge in [0.15, 0.2) is 11.6 Å². The van der Waals surface area contributed by atoms with Gasteiger partial charge in [-0.1, -0.05) is 0 Å². The van der Waals surface area contributed by atoms with Crippen LogP contribution in [0.15, 0.2) is 36.4 Å². The largest absolute Gasteiger partial charge is 0.516 e. The van der Waals surface area contributed by atoms with E-state index in [0.29, 0.717) is 6.07 Å². The number of nitrogens with zero attached hydrogens (tertiary/aromatic N) is 1. The molecule has 0 saturated heterocycles. The van der Waals surface area contributed by atoms with E-state index in [1.807, 2.05) is 0 Å². The lowest BCUT2D eigenvalue weighted by molar-refractivity contribution is -0.384. The summed E-state index contributed by atoms with van der Waals surface area (Å²) in [4.78, 5) is 21.4. The molecule has 25 heavy (non-hydrogen) atoms. The lowest BCUT2D eigenvalue weighted by Gasteiger charge is -2.14. The number of nitro groups is 1. The maximum atomic E-state index is 14.0. The highest BCUT2D eigenvalue weighted by atomic mass is 19.2. The topological polar surface area (TPSA) is 87.9 Å². The Balaban J connectivity index is 2.07. The Hall–Kier alpha value is -3.30. The molecule has 7 nitrogen and oxygen atoms in total. The summed E-state index contributed by atoms with van der Waals surface area (Å²) in [6, 6.07) is 5.82. The van der Waals surface area contributed by atoms with Gasteiger partial charge in [-0.2, -0.15) is 8.78 Å². The van der Waals surface area contributed by atoms with Crippen LogP contribution in [0.4, 0.5) is 23.7 Å². The number of methoxy groups -OCH3 is 1. The lowest BCUT2D eigenvalue weighted by atomic mass is 10.2. The summed E-state index contributed by atoms with van der Waals surface area (Å²) in [5.74, 6) is -3.59. The summed E-state index contributed by atoms with van der Waals surface area (Å²) in [7, 11) is 0.989. The first-order valence-electron chi connectivity index (χ1n) is 6.62. The van der Waals surface area contributed by atoms with E-state index in [2.05, 4.69) is 14.2 Å². The molecular weight excluding hydrogens is 347 g/mol. The minimum atomic E-state index is -2.49. The fourth-order valence-electron chi connectivity index (χ4n) is 1.84. The van der Waals surface area contributed by atoms with E-state index in [1.165, 1.54) is 0 Å². The lowest BCUT2D eigenvalue weighted by Crippen LogP contribution is -2.14. The second-order valence-electron chi connectivity index (χ2n) is 4.52. The number of ether oxygens (including phenoxy) is 3. The molecule has 2 aromatic rings. The number of non-ortho nitro benzene ring substituents is 1. The van der Waals surface area contributed by atoms with Crippen LogP contribution in [0, 0.1) is 21.7 Å². The number of carbonyl (C=O) groups is 1. The predicted octanol–water partition coefficient (Wildman–Crippen LogP) is 4.07. The van der Waals surface area contributed by atoms with Crippen LogP contribution < -0.4 is 9.47 Å². The van der Waals surface area contributed by atoms with Crippen LogP contribution in [0.2, 0.25) is 0 Å². The summed E-state index contributed by atoms with van der Waals surface area (Å²) >= 11 is 0. The van der Waals surface area contributed by atoms with Gasteiger partial charge in [-0.15, -0.1) is 0 Å². The van der Waals surface area contributed by atoms with E-state index in [1.54, 1.807) is 0 Å². The molecule has 0 amide bonds. The molecule has 0 aromatic heterocycles. The first-order valence-corrected chi connectivity index (χ1v) is 6.62. The third-order valence-electron chi connectivity index (χ3n) is 2.98. The number of benzene rings is 2. The van der Waals surface area contributed by atoms with Gasteiger partial charge in [0, 0.05) is 12.1 Å².